The van der Waals surface area contributed by atoms with Crippen LogP contribution in [-0.4, -0.2) is 67.7 Å². The zero-order chi connectivity index (χ0) is 18.9. The first-order valence-electron chi connectivity index (χ1n) is 9.74. The van der Waals surface area contributed by atoms with E-state index in [1.54, 1.807) is 0 Å². The number of likely N-dealkylation sites (N-methyl/N-ethyl adjacent to an activating group) is 1. The Kier molecular flexibility index (Phi) is 11.0. The van der Waals surface area contributed by atoms with Gasteiger partial charge in [-0.15, -0.1) is 24.0 Å². The summed E-state index contributed by atoms with van der Waals surface area (Å²) < 4.78 is 5.64. The zero-order valence-electron chi connectivity index (χ0n) is 17.1. The lowest BCUT2D eigenvalue weighted by Crippen LogP contribution is -2.47. The summed E-state index contributed by atoms with van der Waals surface area (Å²) in [5, 5.41) is 3.15. The van der Waals surface area contributed by atoms with Gasteiger partial charge in [-0.2, -0.15) is 0 Å². The van der Waals surface area contributed by atoms with Crippen molar-refractivity contribution in [1.29, 1.82) is 0 Å². The third-order valence-electron chi connectivity index (χ3n) is 4.55. The third-order valence-corrected chi connectivity index (χ3v) is 4.55. The average molecular weight is 489 g/mol. The first-order chi connectivity index (χ1) is 12.5. The Labute approximate surface area is 181 Å². The first kappa shape index (κ1) is 24.0. The maximum absolute atomic E-state index is 6.03. The second-order valence-electron chi connectivity index (χ2n) is 7.38. The number of piperazine rings is 1. The van der Waals surface area contributed by atoms with Gasteiger partial charge in [0, 0.05) is 45.0 Å². The monoisotopic (exact) mass is 489 g/mol. The molecule has 0 spiro atoms. The lowest BCUT2D eigenvalue weighted by Gasteiger charge is -2.35. The number of aliphatic imine (C=N–C) groups is 1. The van der Waals surface area contributed by atoms with Gasteiger partial charge in [-0.1, -0.05) is 13.8 Å². The lowest BCUT2D eigenvalue weighted by atomic mass is 10.1. The molecule has 0 bridgehead atoms. The maximum atomic E-state index is 6.03. The van der Waals surface area contributed by atoms with Gasteiger partial charge in [0.2, 0.25) is 0 Å². The number of guanidine groups is 1. The van der Waals surface area contributed by atoms with Crippen LogP contribution in [0.2, 0.25) is 0 Å². The van der Waals surface area contributed by atoms with Crippen LogP contribution < -0.4 is 15.8 Å². The molecule has 154 valence electrons. The van der Waals surface area contributed by atoms with E-state index in [4.69, 9.17) is 10.5 Å². The van der Waals surface area contributed by atoms with Crippen molar-refractivity contribution >= 4 is 35.6 Å². The maximum Gasteiger partial charge on any atom is 0.193 e. The van der Waals surface area contributed by atoms with E-state index in [1.165, 1.54) is 13.1 Å². The van der Waals surface area contributed by atoms with Crippen LogP contribution in [0.5, 0.6) is 5.75 Å². The fourth-order valence-corrected chi connectivity index (χ4v) is 3.12. The van der Waals surface area contributed by atoms with Gasteiger partial charge in [0.1, 0.15) is 5.75 Å². The normalized spacial score (nSPS) is 17.4. The van der Waals surface area contributed by atoms with Gasteiger partial charge in [0.25, 0.3) is 0 Å². The van der Waals surface area contributed by atoms with Crippen molar-refractivity contribution < 1.29 is 4.74 Å². The standard InChI is InChI=1S/C20H35N5O.HI/c1-5-24-10-12-25(13-11-24)15-17(4)14-22-20(21)23-18-6-8-19(9-7-18)26-16(2)3;/h6-9,16-17H,5,10-15H2,1-4H3,(H3,21,22,23);1H. The Morgan fingerprint density at radius 3 is 2.26 bits per heavy atom. The Hall–Kier alpha value is -1.06. The molecule has 1 unspecified atom stereocenters. The SMILES string of the molecule is CCN1CCN(CC(C)CN=C(N)Nc2ccc(OC(C)C)cc2)CC1.I. The molecule has 0 radical (unpaired) electrons. The molecule has 6 nitrogen and oxygen atoms in total. The number of benzene rings is 1. The van der Waals surface area contributed by atoms with Crippen LogP contribution in [-0.2, 0) is 0 Å². The number of anilines is 1. The highest BCUT2D eigenvalue weighted by Crippen LogP contribution is 2.16. The van der Waals surface area contributed by atoms with Crippen molar-refractivity contribution in [2.75, 3.05) is 51.1 Å². The Morgan fingerprint density at radius 1 is 1.11 bits per heavy atom. The Bertz CT molecular complexity index is 556. The van der Waals surface area contributed by atoms with Crippen LogP contribution in [0.25, 0.3) is 0 Å². The number of ether oxygens (including phenoxy) is 1. The molecule has 0 saturated carbocycles. The molecule has 1 saturated heterocycles. The number of halogens is 1. The molecule has 1 fully saturated rings. The van der Waals surface area contributed by atoms with Crippen molar-refractivity contribution in [3.8, 4) is 5.75 Å². The zero-order valence-corrected chi connectivity index (χ0v) is 19.5. The number of nitrogens with one attached hydrogen (secondary N) is 1. The van der Waals surface area contributed by atoms with Gasteiger partial charge in [0.05, 0.1) is 6.10 Å². The predicted octanol–water partition coefficient (Wildman–Crippen LogP) is 3.09. The van der Waals surface area contributed by atoms with Gasteiger partial charge in [-0.3, -0.25) is 4.99 Å². The van der Waals surface area contributed by atoms with Gasteiger partial charge < -0.3 is 25.6 Å². The highest BCUT2D eigenvalue weighted by atomic mass is 127. The Morgan fingerprint density at radius 2 is 1.70 bits per heavy atom. The smallest absolute Gasteiger partial charge is 0.193 e. The largest absolute Gasteiger partial charge is 0.491 e. The quantitative estimate of drug-likeness (QED) is 0.334. The minimum Gasteiger partial charge on any atom is -0.491 e. The molecule has 7 heteroatoms. The molecular formula is C20H36IN5O. The van der Waals surface area contributed by atoms with Crippen LogP contribution in [0.4, 0.5) is 5.69 Å². The molecule has 1 atom stereocenters. The average Bonchev–Trinajstić information content (AvgIpc) is 2.62. The molecule has 1 aliphatic heterocycles. The number of hydrogen-bond acceptors (Lipinski definition) is 4. The van der Waals surface area contributed by atoms with Crippen LogP contribution in [0, 0.1) is 5.92 Å². The summed E-state index contributed by atoms with van der Waals surface area (Å²) in [5.41, 5.74) is 6.95. The lowest BCUT2D eigenvalue weighted by molar-refractivity contribution is 0.125. The number of nitrogens with zero attached hydrogens (tertiary/aromatic N) is 3. The summed E-state index contributed by atoms with van der Waals surface area (Å²) in [7, 11) is 0. The summed E-state index contributed by atoms with van der Waals surface area (Å²) in [5.74, 6) is 1.81. The van der Waals surface area contributed by atoms with Crippen molar-refractivity contribution in [3.05, 3.63) is 24.3 Å². The van der Waals surface area contributed by atoms with Gasteiger partial charge >= 0.3 is 0 Å². The summed E-state index contributed by atoms with van der Waals surface area (Å²) >= 11 is 0. The third kappa shape index (κ3) is 9.12. The van der Waals surface area contributed by atoms with E-state index in [9.17, 15) is 0 Å². The van der Waals surface area contributed by atoms with E-state index in [2.05, 4.69) is 34.0 Å². The van der Waals surface area contributed by atoms with Gasteiger partial charge in [-0.25, -0.2) is 0 Å². The Balaban J connectivity index is 0.00000364. The number of rotatable bonds is 8. The van der Waals surface area contributed by atoms with Crippen molar-refractivity contribution in [3.63, 3.8) is 0 Å². The number of nitrogens with two attached hydrogens (primary N) is 1. The molecule has 1 aromatic rings. The molecule has 0 aliphatic carbocycles. The fourth-order valence-electron chi connectivity index (χ4n) is 3.12. The molecule has 1 heterocycles. The molecule has 0 amide bonds. The van der Waals surface area contributed by atoms with E-state index in [-0.39, 0.29) is 30.1 Å². The number of hydrogen-bond donors (Lipinski definition) is 2. The summed E-state index contributed by atoms with van der Waals surface area (Å²) in [4.78, 5) is 9.53. The molecule has 1 aromatic carbocycles. The van der Waals surface area contributed by atoms with Crippen LogP contribution in [0.1, 0.15) is 27.7 Å². The van der Waals surface area contributed by atoms with E-state index in [0.717, 1.165) is 44.2 Å². The van der Waals surface area contributed by atoms with E-state index in [0.29, 0.717) is 11.9 Å². The second-order valence-corrected chi connectivity index (χ2v) is 7.38. The van der Waals surface area contributed by atoms with Gasteiger partial charge in [0.15, 0.2) is 5.96 Å². The summed E-state index contributed by atoms with van der Waals surface area (Å²) in [6, 6.07) is 7.79. The highest BCUT2D eigenvalue weighted by Gasteiger charge is 2.17. The van der Waals surface area contributed by atoms with E-state index in [1.807, 2.05) is 38.1 Å². The second kappa shape index (κ2) is 12.4. The van der Waals surface area contributed by atoms with Crippen LogP contribution in [0.3, 0.4) is 0 Å². The van der Waals surface area contributed by atoms with Crippen molar-refractivity contribution in [1.82, 2.24) is 9.80 Å². The first-order valence-corrected chi connectivity index (χ1v) is 9.74. The van der Waals surface area contributed by atoms with Crippen molar-refractivity contribution in [2.45, 2.75) is 33.8 Å². The minimum atomic E-state index is 0. The molecule has 2 rings (SSSR count). The minimum absolute atomic E-state index is 0. The molecule has 27 heavy (non-hydrogen) atoms. The molecular weight excluding hydrogens is 453 g/mol. The summed E-state index contributed by atoms with van der Waals surface area (Å²) in [6.07, 6.45) is 0.173. The predicted molar refractivity (Wildman–Crippen MR) is 125 cm³/mol. The van der Waals surface area contributed by atoms with E-state index >= 15 is 0 Å². The van der Waals surface area contributed by atoms with Crippen LogP contribution >= 0.6 is 24.0 Å². The highest BCUT2D eigenvalue weighted by molar-refractivity contribution is 14.0. The molecule has 0 aromatic heterocycles. The topological polar surface area (TPSA) is 66.1 Å². The fraction of sp³-hybridized carbons (Fsp3) is 0.650. The molecule has 1 aliphatic rings. The summed E-state index contributed by atoms with van der Waals surface area (Å²) in [6.45, 7) is 16.1. The van der Waals surface area contributed by atoms with Crippen molar-refractivity contribution in [2.24, 2.45) is 16.6 Å². The van der Waals surface area contributed by atoms with E-state index < -0.39 is 0 Å². The van der Waals surface area contributed by atoms with Gasteiger partial charge in [-0.05, 0) is 50.6 Å². The van der Waals surface area contributed by atoms with Crippen LogP contribution in [0.15, 0.2) is 29.3 Å². The molecule has 3 N–H and O–H groups in total.